The Balaban J connectivity index is 4.14. The quantitative estimate of drug-likeness (QED) is 0.0338. The predicted octanol–water partition coefficient (Wildman–Crippen LogP) is 10.2. The monoisotopic (exact) mass is 632 g/mol. The van der Waals surface area contributed by atoms with Crippen LogP contribution in [0.15, 0.2) is 12.2 Å². The van der Waals surface area contributed by atoms with Crippen LogP contribution in [0.4, 0.5) is 0 Å². The molecular weight excluding hydrogens is 567 g/mol. The molecule has 1 N–H and O–H groups in total. The van der Waals surface area contributed by atoms with E-state index in [2.05, 4.69) is 18.4 Å². The van der Waals surface area contributed by atoms with Gasteiger partial charge in [0, 0.05) is 13.5 Å². The van der Waals surface area contributed by atoms with E-state index in [0.717, 1.165) is 32.8 Å². The zero-order valence-electron chi connectivity index (χ0n) is 27.9. The van der Waals surface area contributed by atoms with E-state index < -0.39 is 32.5 Å². The summed E-state index contributed by atoms with van der Waals surface area (Å²) in [7, 11) is -3.20. The van der Waals surface area contributed by atoms with Crippen LogP contribution in [0.5, 0.6) is 0 Å². The topological polar surface area (TPSA) is 108 Å². The number of hydrogen-bond donors (Lipinski definition) is 1. The SMILES string of the molecule is CCCCCCCCCCCC/C=C\CC(=O)OC[C@H](COP(=O)(O)OC)OC(=O)CCCCCCCCCCCCC. The Morgan fingerprint density at radius 1 is 0.651 bits per heavy atom. The van der Waals surface area contributed by atoms with Crippen molar-refractivity contribution in [3.8, 4) is 0 Å². The fourth-order valence-corrected chi connectivity index (χ4v) is 5.28. The predicted molar refractivity (Wildman–Crippen MR) is 175 cm³/mol. The Morgan fingerprint density at radius 2 is 1.12 bits per heavy atom. The van der Waals surface area contributed by atoms with Crippen molar-refractivity contribution in [3.63, 3.8) is 0 Å². The summed E-state index contributed by atoms with van der Waals surface area (Å²) in [4.78, 5) is 34.1. The van der Waals surface area contributed by atoms with Crippen LogP contribution < -0.4 is 0 Å². The van der Waals surface area contributed by atoms with Gasteiger partial charge in [0.05, 0.1) is 13.0 Å². The van der Waals surface area contributed by atoms with Crippen LogP contribution >= 0.6 is 7.82 Å². The summed E-state index contributed by atoms with van der Waals surface area (Å²) < 4.78 is 31.7. The van der Waals surface area contributed by atoms with E-state index in [1.54, 1.807) is 6.08 Å². The lowest BCUT2D eigenvalue weighted by Crippen LogP contribution is -2.29. The summed E-state index contributed by atoms with van der Waals surface area (Å²) in [5.41, 5.74) is 0. The molecule has 2 atom stereocenters. The lowest BCUT2D eigenvalue weighted by atomic mass is 10.1. The molecule has 0 aromatic heterocycles. The third kappa shape index (κ3) is 30.6. The van der Waals surface area contributed by atoms with E-state index in [1.165, 1.54) is 109 Å². The largest absolute Gasteiger partial charge is 0.472 e. The molecule has 0 aliphatic carbocycles. The number of esters is 2. The molecule has 0 rings (SSSR count). The van der Waals surface area contributed by atoms with Crippen LogP contribution in [0.3, 0.4) is 0 Å². The van der Waals surface area contributed by atoms with Crippen LogP contribution in [0.2, 0.25) is 0 Å². The molecule has 1 unspecified atom stereocenters. The Hall–Kier alpha value is -1.21. The lowest BCUT2D eigenvalue weighted by molar-refractivity contribution is -0.160. The number of phosphoric ester groups is 1. The summed E-state index contributed by atoms with van der Waals surface area (Å²) in [5.74, 6) is -0.896. The number of allylic oxidation sites excluding steroid dienone is 1. The first-order valence-corrected chi connectivity index (χ1v) is 18.9. The third-order valence-corrected chi connectivity index (χ3v) is 8.48. The van der Waals surface area contributed by atoms with Gasteiger partial charge in [-0.2, -0.15) is 0 Å². The van der Waals surface area contributed by atoms with E-state index in [9.17, 15) is 19.0 Å². The fourth-order valence-electron chi connectivity index (χ4n) is 4.82. The van der Waals surface area contributed by atoms with Crippen LogP contribution in [-0.2, 0) is 32.7 Å². The summed E-state index contributed by atoms with van der Waals surface area (Å²) in [6.45, 7) is 3.81. The van der Waals surface area contributed by atoms with Gasteiger partial charge in [-0.05, 0) is 19.3 Å². The van der Waals surface area contributed by atoms with E-state index in [4.69, 9.17) is 14.0 Å². The second kappa shape index (κ2) is 30.8. The van der Waals surface area contributed by atoms with Crippen molar-refractivity contribution in [2.75, 3.05) is 20.3 Å². The van der Waals surface area contributed by atoms with E-state index in [1.807, 2.05) is 6.08 Å². The fraction of sp³-hybridized carbons (Fsp3) is 0.882. The minimum atomic E-state index is -4.25. The molecule has 43 heavy (non-hydrogen) atoms. The average Bonchev–Trinajstić information content (AvgIpc) is 2.99. The van der Waals surface area contributed by atoms with Crippen LogP contribution in [0, 0.1) is 0 Å². The smallest absolute Gasteiger partial charge is 0.461 e. The molecule has 0 radical (unpaired) electrons. The van der Waals surface area contributed by atoms with Crippen LogP contribution in [0.1, 0.15) is 168 Å². The first-order valence-electron chi connectivity index (χ1n) is 17.4. The highest BCUT2D eigenvalue weighted by Crippen LogP contribution is 2.42. The first-order chi connectivity index (χ1) is 20.8. The highest BCUT2D eigenvalue weighted by molar-refractivity contribution is 7.47. The van der Waals surface area contributed by atoms with Gasteiger partial charge in [-0.3, -0.25) is 18.6 Å². The van der Waals surface area contributed by atoms with E-state index in [-0.39, 0.29) is 19.4 Å². The number of carbonyl (C=O) groups excluding carboxylic acids is 2. The minimum absolute atomic E-state index is 0.120. The standard InChI is InChI=1S/C34H65O8P/c1-4-6-8-10-12-14-16-17-19-20-22-24-26-28-33(35)40-30-32(31-41-43(37,38)39-3)42-34(36)29-27-25-23-21-18-15-13-11-9-7-5-2/h24,26,32H,4-23,25,27-31H2,1-3H3,(H,37,38)/b26-24-/t32-/m1/s1. The summed E-state index contributed by atoms with van der Waals surface area (Å²) in [6.07, 6.45) is 30.0. The van der Waals surface area contributed by atoms with E-state index >= 15 is 0 Å². The van der Waals surface area contributed by atoms with E-state index in [0.29, 0.717) is 6.42 Å². The summed E-state index contributed by atoms with van der Waals surface area (Å²) >= 11 is 0. The van der Waals surface area contributed by atoms with Crippen molar-refractivity contribution < 1.29 is 37.6 Å². The first kappa shape index (κ1) is 41.8. The third-order valence-electron chi connectivity index (χ3n) is 7.54. The molecule has 0 aromatic rings. The zero-order chi connectivity index (χ0) is 31.9. The molecular formula is C34H65O8P. The van der Waals surface area contributed by atoms with Gasteiger partial charge in [0.25, 0.3) is 0 Å². The molecule has 0 fully saturated rings. The number of rotatable bonds is 32. The molecule has 9 heteroatoms. The molecule has 0 aliphatic rings. The van der Waals surface area contributed by atoms with Crippen molar-refractivity contribution >= 4 is 19.8 Å². The van der Waals surface area contributed by atoms with Crippen molar-refractivity contribution in [2.24, 2.45) is 0 Å². The average molecular weight is 633 g/mol. The molecule has 254 valence electrons. The summed E-state index contributed by atoms with van der Waals surface area (Å²) in [5, 5.41) is 0. The van der Waals surface area contributed by atoms with Gasteiger partial charge >= 0.3 is 19.8 Å². The molecule has 0 aliphatic heterocycles. The molecule has 0 aromatic carbocycles. The number of ether oxygens (including phenoxy) is 2. The summed E-state index contributed by atoms with van der Waals surface area (Å²) in [6, 6.07) is 0. The Labute approximate surface area is 263 Å². The molecule has 0 heterocycles. The number of phosphoric acid groups is 1. The highest BCUT2D eigenvalue weighted by atomic mass is 31.2. The molecule has 8 nitrogen and oxygen atoms in total. The van der Waals surface area contributed by atoms with Crippen molar-refractivity contribution in [1.82, 2.24) is 0 Å². The highest BCUT2D eigenvalue weighted by Gasteiger charge is 2.24. The zero-order valence-corrected chi connectivity index (χ0v) is 28.8. The van der Waals surface area contributed by atoms with Gasteiger partial charge in [-0.15, -0.1) is 0 Å². The van der Waals surface area contributed by atoms with Gasteiger partial charge in [0.1, 0.15) is 6.61 Å². The molecule has 0 bridgehead atoms. The molecule has 0 saturated heterocycles. The van der Waals surface area contributed by atoms with Gasteiger partial charge in [0.2, 0.25) is 0 Å². The van der Waals surface area contributed by atoms with Crippen molar-refractivity contribution in [3.05, 3.63) is 12.2 Å². The lowest BCUT2D eigenvalue weighted by Gasteiger charge is -2.19. The van der Waals surface area contributed by atoms with Gasteiger partial charge < -0.3 is 14.4 Å². The number of hydrogen-bond acceptors (Lipinski definition) is 7. The van der Waals surface area contributed by atoms with Crippen LogP contribution in [-0.4, -0.2) is 43.3 Å². The van der Waals surface area contributed by atoms with Gasteiger partial charge in [0.15, 0.2) is 6.10 Å². The maximum absolute atomic E-state index is 12.4. The van der Waals surface area contributed by atoms with Gasteiger partial charge in [-0.1, -0.05) is 148 Å². The van der Waals surface area contributed by atoms with Gasteiger partial charge in [-0.25, -0.2) is 4.57 Å². The maximum Gasteiger partial charge on any atom is 0.472 e. The molecule has 0 spiro atoms. The minimum Gasteiger partial charge on any atom is -0.461 e. The Bertz CT molecular complexity index is 727. The molecule has 0 saturated carbocycles. The number of carbonyl (C=O) groups is 2. The number of unbranched alkanes of at least 4 members (excludes halogenated alkanes) is 20. The second-order valence-corrected chi connectivity index (χ2v) is 13.2. The maximum atomic E-state index is 12.4. The van der Waals surface area contributed by atoms with Crippen molar-refractivity contribution in [1.29, 1.82) is 0 Å². The Kier molecular flexibility index (Phi) is 29.9. The Morgan fingerprint density at radius 3 is 1.60 bits per heavy atom. The molecule has 0 amide bonds. The van der Waals surface area contributed by atoms with Crippen LogP contribution in [0.25, 0.3) is 0 Å². The normalized spacial score (nSPS) is 13.7. The van der Waals surface area contributed by atoms with Crippen molar-refractivity contribution in [2.45, 2.75) is 174 Å². The second-order valence-electron chi connectivity index (χ2n) is 11.7.